The first-order valence-electron chi connectivity index (χ1n) is 5.50. The first-order valence-corrected chi connectivity index (χ1v) is 6.63. The van der Waals surface area contributed by atoms with Gasteiger partial charge in [-0.05, 0) is 30.9 Å². The summed E-state index contributed by atoms with van der Waals surface area (Å²) < 4.78 is 0. The fourth-order valence-electron chi connectivity index (χ4n) is 2.40. The van der Waals surface area contributed by atoms with Gasteiger partial charge in [-0.15, -0.1) is 12.4 Å². The summed E-state index contributed by atoms with van der Waals surface area (Å²) in [5.74, 6) is 0.480. The van der Waals surface area contributed by atoms with Crippen LogP contribution in [0.2, 0.25) is 15.1 Å². The lowest BCUT2D eigenvalue weighted by atomic mass is 9.92. The topological polar surface area (TPSA) is 26.0 Å². The maximum Gasteiger partial charge on any atom is 0.0655 e. The molecule has 0 spiro atoms. The van der Waals surface area contributed by atoms with Crippen molar-refractivity contribution in [3.8, 4) is 0 Å². The van der Waals surface area contributed by atoms with Crippen LogP contribution >= 0.6 is 47.2 Å². The fraction of sp³-hybridized carbons (Fsp3) is 0.500. The van der Waals surface area contributed by atoms with Crippen LogP contribution in [0.4, 0.5) is 0 Å². The molecule has 0 heterocycles. The smallest absolute Gasteiger partial charge is 0.0655 e. The lowest BCUT2D eigenvalue weighted by molar-refractivity contribution is 0.445. The van der Waals surface area contributed by atoms with Gasteiger partial charge in [0.25, 0.3) is 0 Å². The van der Waals surface area contributed by atoms with Gasteiger partial charge in [-0.25, -0.2) is 0 Å². The van der Waals surface area contributed by atoms with Gasteiger partial charge in [0.1, 0.15) is 0 Å². The molecule has 0 radical (unpaired) electrons. The third-order valence-corrected chi connectivity index (χ3v) is 4.47. The van der Waals surface area contributed by atoms with Crippen molar-refractivity contribution in [2.45, 2.75) is 31.7 Å². The van der Waals surface area contributed by atoms with Crippen LogP contribution in [0, 0.1) is 5.92 Å². The summed E-state index contributed by atoms with van der Waals surface area (Å²) in [5, 5.41) is 1.65. The SMILES string of the molecule is Cl.N[C@H](c1c(Cl)ccc(Cl)c1Cl)C1CCCC1. The number of halogens is 4. The average molecular weight is 315 g/mol. The summed E-state index contributed by atoms with van der Waals surface area (Å²) >= 11 is 18.3. The second kappa shape index (κ2) is 6.49. The van der Waals surface area contributed by atoms with Crippen LogP contribution in [-0.2, 0) is 0 Å². The molecule has 1 nitrogen and oxygen atoms in total. The van der Waals surface area contributed by atoms with Gasteiger partial charge in [-0.2, -0.15) is 0 Å². The minimum absolute atomic E-state index is 0. The molecule has 1 aliphatic carbocycles. The predicted molar refractivity (Wildman–Crippen MR) is 77.6 cm³/mol. The highest BCUT2D eigenvalue weighted by atomic mass is 35.5. The Labute approximate surface area is 123 Å². The standard InChI is InChI=1S/C12H14Cl3N.ClH/c13-8-5-6-9(14)11(15)10(8)12(16)7-3-1-2-4-7;/h5-7,12H,1-4,16H2;1H/t12-;/m0./s1. The summed E-state index contributed by atoms with van der Waals surface area (Å²) in [5.41, 5.74) is 7.05. The van der Waals surface area contributed by atoms with Gasteiger partial charge < -0.3 is 5.73 Å². The maximum atomic E-state index is 6.24. The number of nitrogens with two attached hydrogens (primary N) is 1. The predicted octanol–water partition coefficient (Wildman–Crippen LogP) is 5.26. The van der Waals surface area contributed by atoms with Gasteiger partial charge in [-0.3, -0.25) is 0 Å². The second-order valence-electron chi connectivity index (χ2n) is 4.33. The molecule has 1 saturated carbocycles. The normalized spacial score (nSPS) is 17.9. The van der Waals surface area contributed by atoms with Gasteiger partial charge in [-0.1, -0.05) is 47.6 Å². The lowest BCUT2D eigenvalue weighted by Crippen LogP contribution is -2.20. The maximum absolute atomic E-state index is 6.24. The van der Waals surface area contributed by atoms with E-state index in [0.29, 0.717) is 21.0 Å². The minimum atomic E-state index is -0.0961. The number of rotatable bonds is 2. The Morgan fingerprint density at radius 2 is 1.59 bits per heavy atom. The number of hydrogen-bond acceptors (Lipinski definition) is 1. The molecule has 1 aliphatic rings. The first kappa shape index (κ1) is 15.4. The summed E-state index contributed by atoms with van der Waals surface area (Å²) in [7, 11) is 0. The van der Waals surface area contributed by atoms with Crippen molar-refractivity contribution in [3.05, 3.63) is 32.8 Å². The van der Waals surface area contributed by atoms with E-state index in [1.165, 1.54) is 12.8 Å². The van der Waals surface area contributed by atoms with Crippen molar-refractivity contribution in [2.24, 2.45) is 11.7 Å². The molecule has 0 bridgehead atoms. The van der Waals surface area contributed by atoms with Gasteiger partial charge in [0, 0.05) is 16.6 Å². The lowest BCUT2D eigenvalue weighted by Gasteiger charge is -2.22. The molecule has 0 aromatic heterocycles. The van der Waals surface area contributed by atoms with E-state index in [1.54, 1.807) is 12.1 Å². The molecule has 0 aliphatic heterocycles. The monoisotopic (exact) mass is 313 g/mol. The minimum Gasteiger partial charge on any atom is -0.324 e. The molecule has 0 saturated heterocycles. The van der Waals surface area contributed by atoms with Crippen molar-refractivity contribution in [1.82, 2.24) is 0 Å². The quantitative estimate of drug-likeness (QED) is 0.740. The molecule has 2 N–H and O–H groups in total. The van der Waals surface area contributed by atoms with Crippen LogP contribution in [-0.4, -0.2) is 0 Å². The highest BCUT2D eigenvalue weighted by molar-refractivity contribution is 6.44. The zero-order chi connectivity index (χ0) is 11.7. The highest BCUT2D eigenvalue weighted by Crippen LogP contribution is 2.41. The Morgan fingerprint density at radius 3 is 2.18 bits per heavy atom. The molecule has 1 aromatic carbocycles. The fourth-order valence-corrected chi connectivity index (χ4v) is 3.19. The van der Waals surface area contributed by atoms with Crippen LogP contribution < -0.4 is 5.73 Å². The third kappa shape index (κ3) is 3.21. The Balaban J connectivity index is 0.00000144. The third-order valence-electron chi connectivity index (χ3n) is 3.32. The van der Waals surface area contributed by atoms with E-state index >= 15 is 0 Å². The molecule has 1 fully saturated rings. The van der Waals surface area contributed by atoms with Crippen molar-refractivity contribution < 1.29 is 0 Å². The van der Waals surface area contributed by atoms with E-state index in [0.717, 1.165) is 18.4 Å². The summed E-state index contributed by atoms with van der Waals surface area (Å²) in [6.07, 6.45) is 4.79. The van der Waals surface area contributed by atoms with E-state index in [4.69, 9.17) is 40.5 Å². The van der Waals surface area contributed by atoms with Crippen LogP contribution in [0.5, 0.6) is 0 Å². The van der Waals surface area contributed by atoms with E-state index in [2.05, 4.69) is 0 Å². The zero-order valence-electron chi connectivity index (χ0n) is 9.26. The van der Waals surface area contributed by atoms with Crippen LogP contribution in [0.25, 0.3) is 0 Å². The Morgan fingerprint density at radius 1 is 1.06 bits per heavy atom. The number of benzene rings is 1. The van der Waals surface area contributed by atoms with Crippen LogP contribution in [0.15, 0.2) is 12.1 Å². The van der Waals surface area contributed by atoms with Crippen molar-refractivity contribution in [3.63, 3.8) is 0 Å². The Hall–Kier alpha value is 0.340. The molecule has 5 heteroatoms. The molecule has 2 rings (SSSR count). The largest absolute Gasteiger partial charge is 0.324 e. The molecule has 0 amide bonds. The van der Waals surface area contributed by atoms with Gasteiger partial charge >= 0.3 is 0 Å². The summed E-state index contributed by atoms with van der Waals surface area (Å²) in [6, 6.07) is 3.37. The van der Waals surface area contributed by atoms with Crippen LogP contribution in [0.3, 0.4) is 0 Å². The summed E-state index contributed by atoms with van der Waals surface area (Å²) in [6.45, 7) is 0. The Kier molecular flexibility index (Phi) is 5.88. The average Bonchev–Trinajstić information content (AvgIpc) is 2.77. The molecule has 0 unspecified atom stereocenters. The van der Waals surface area contributed by atoms with Crippen molar-refractivity contribution in [1.29, 1.82) is 0 Å². The molecule has 1 atom stereocenters. The molecule has 1 aromatic rings. The van der Waals surface area contributed by atoms with Gasteiger partial charge in [0.2, 0.25) is 0 Å². The Bertz CT molecular complexity index is 388. The van der Waals surface area contributed by atoms with E-state index < -0.39 is 0 Å². The summed E-state index contributed by atoms with van der Waals surface area (Å²) in [4.78, 5) is 0. The van der Waals surface area contributed by atoms with Gasteiger partial charge in [0.15, 0.2) is 0 Å². The molecular formula is C12H15Cl4N. The zero-order valence-corrected chi connectivity index (χ0v) is 12.3. The van der Waals surface area contributed by atoms with Crippen LogP contribution in [0.1, 0.15) is 37.3 Å². The molecule has 96 valence electrons. The van der Waals surface area contributed by atoms with E-state index in [9.17, 15) is 0 Å². The van der Waals surface area contributed by atoms with E-state index in [-0.39, 0.29) is 18.4 Å². The molecule has 17 heavy (non-hydrogen) atoms. The van der Waals surface area contributed by atoms with Gasteiger partial charge in [0.05, 0.1) is 10.0 Å². The van der Waals surface area contributed by atoms with Crippen molar-refractivity contribution in [2.75, 3.05) is 0 Å². The molecular weight excluding hydrogens is 300 g/mol. The van der Waals surface area contributed by atoms with E-state index in [1.807, 2.05) is 0 Å². The first-order chi connectivity index (χ1) is 7.61. The second-order valence-corrected chi connectivity index (χ2v) is 5.52. The highest BCUT2D eigenvalue weighted by Gasteiger charge is 2.27. The number of hydrogen-bond donors (Lipinski definition) is 1. The van der Waals surface area contributed by atoms with Crippen molar-refractivity contribution >= 4 is 47.2 Å².